The van der Waals surface area contributed by atoms with Crippen molar-refractivity contribution in [1.29, 1.82) is 0 Å². The largest absolute Gasteiger partial charge is 0.389 e. The van der Waals surface area contributed by atoms with Gasteiger partial charge in [-0.15, -0.1) is 0 Å². The molecule has 0 aromatic heterocycles. The molecule has 0 saturated heterocycles. The smallest absolute Gasteiger partial charge is 0.364 e. The highest BCUT2D eigenvalue weighted by atomic mass is 31.2. The highest BCUT2D eigenvalue weighted by Gasteiger charge is 2.14. The Labute approximate surface area is 128 Å². The monoisotopic (exact) mass is 318 g/mol. The van der Waals surface area contributed by atoms with Crippen LogP contribution in [0.5, 0.6) is 0 Å². The van der Waals surface area contributed by atoms with Crippen molar-refractivity contribution in [2.45, 2.75) is 53.4 Å². The van der Waals surface area contributed by atoms with Crippen molar-refractivity contribution in [2.75, 3.05) is 13.0 Å². The van der Waals surface area contributed by atoms with Crippen molar-refractivity contribution in [3.63, 3.8) is 0 Å². The molecular formula is C16H28FO3P. The molecule has 0 spiro atoms. The number of hydrogen-bond acceptors (Lipinski definition) is 2. The molecule has 0 aromatic rings. The molecule has 3 nitrogen and oxygen atoms in total. The van der Waals surface area contributed by atoms with Crippen LogP contribution in [0, 0.1) is 0 Å². The van der Waals surface area contributed by atoms with Crippen LogP contribution in [0.15, 0.2) is 34.9 Å². The van der Waals surface area contributed by atoms with E-state index in [-0.39, 0.29) is 6.61 Å². The predicted molar refractivity (Wildman–Crippen MR) is 87.2 cm³/mol. The Bertz CT molecular complexity index is 429. The summed E-state index contributed by atoms with van der Waals surface area (Å²) >= 11 is 0. The van der Waals surface area contributed by atoms with Gasteiger partial charge in [-0.25, -0.2) is 0 Å². The van der Waals surface area contributed by atoms with Gasteiger partial charge in [-0.3, -0.25) is 4.57 Å². The third-order valence-corrected chi connectivity index (χ3v) is 3.42. The molecule has 0 fully saturated rings. The van der Waals surface area contributed by atoms with Gasteiger partial charge < -0.3 is 9.63 Å². The van der Waals surface area contributed by atoms with Gasteiger partial charge in [0.15, 0.2) is 6.35 Å². The van der Waals surface area contributed by atoms with Crippen molar-refractivity contribution in [2.24, 2.45) is 0 Å². The van der Waals surface area contributed by atoms with Crippen molar-refractivity contribution in [1.82, 2.24) is 0 Å². The molecule has 1 atom stereocenters. The summed E-state index contributed by atoms with van der Waals surface area (Å²) in [6, 6.07) is 0. The molecule has 122 valence electrons. The van der Waals surface area contributed by atoms with E-state index >= 15 is 0 Å². The van der Waals surface area contributed by atoms with Gasteiger partial charge in [0, 0.05) is 0 Å². The highest BCUT2D eigenvalue weighted by Crippen LogP contribution is 2.41. The van der Waals surface area contributed by atoms with Crippen molar-refractivity contribution in [3.8, 4) is 0 Å². The van der Waals surface area contributed by atoms with Crippen molar-refractivity contribution in [3.05, 3.63) is 34.9 Å². The van der Waals surface area contributed by atoms with Crippen LogP contribution in [0.4, 0.5) is 4.20 Å². The Kier molecular flexibility index (Phi) is 10.6. The average Bonchev–Trinajstić information content (AvgIpc) is 2.33. The third kappa shape index (κ3) is 15.5. The molecule has 0 aromatic carbocycles. The summed E-state index contributed by atoms with van der Waals surface area (Å²) in [6.45, 7) is 8.50. The molecule has 0 aliphatic heterocycles. The van der Waals surface area contributed by atoms with Gasteiger partial charge in [-0.2, -0.15) is 4.20 Å². The van der Waals surface area contributed by atoms with E-state index in [0.29, 0.717) is 0 Å². The molecule has 0 aliphatic carbocycles. The van der Waals surface area contributed by atoms with Gasteiger partial charge in [-0.1, -0.05) is 34.9 Å². The van der Waals surface area contributed by atoms with Gasteiger partial charge in [0.25, 0.3) is 0 Å². The van der Waals surface area contributed by atoms with Gasteiger partial charge in [0.05, 0.1) is 6.61 Å². The third-order valence-electron chi connectivity index (χ3n) is 2.92. The quantitative estimate of drug-likeness (QED) is 0.327. The van der Waals surface area contributed by atoms with Crippen LogP contribution in [0.1, 0.15) is 53.4 Å². The summed E-state index contributed by atoms with van der Waals surface area (Å²) in [5.41, 5.74) is 3.87. The Morgan fingerprint density at radius 2 is 1.57 bits per heavy atom. The standard InChI is InChI=1S/C16H28FO3P/c1-14(2)7-5-8-15(3)9-6-10-16(4)11-12-20-13-21(17,18)19/h7,9,11H,5-6,8,10,12-13H2,1-4H3,(H,18,19). The average molecular weight is 318 g/mol. The minimum Gasteiger partial charge on any atom is -0.364 e. The summed E-state index contributed by atoms with van der Waals surface area (Å²) in [5.74, 6) is 0. The molecule has 0 heterocycles. The van der Waals surface area contributed by atoms with Crippen LogP contribution < -0.4 is 0 Å². The van der Waals surface area contributed by atoms with Crippen molar-refractivity contribution < 1.29 is 18.4 Å². The van der Waals surface area contributed by atoms with E-state index in [2.05, 4.69) is 32.9 Å². The van der Waals surface area contributed by atoms with E-state index in [9.17, 15) is 8.76 Å². The van der Waals surface area contributed by atoms with Crippen LogP contribution in [0.2, 0.25) is 0 Å². The molecule has 1 N–H and O–H groups in total. The minimum atomic E-state index is -4.54. The van der Waals surface area contributed by atoms with Crippen LogP contribution in [-0.4, -0.2) is 17.8 Å². The molecule has 21 heavy (non-hydrogen) atoms. The number of halogens is 1. The van der Waals surface area contributed by atoms with E-state index in [1.54, 1.807) is 0 Å². The van der Waals surface area contributed by atoms with Crippen molar-refractivity contribution >= 4 is 7.68 Å². The second-order valence-corrected chi connectivity index (χ2v) is 7.07. The first-order chi connectivity index (χ1) is 9.70. The number of allylic oxidation sites excluding steroid dienone is 5. The number of rotatable bonds is 10. The van der Waals surface area contributed by atoms with Crippen LogP contribution in [0.3, 0.4) is 0 Å². The first kappa shape index (κ1) is 20.3. The lowest BCUT2D eigenvalue weighted by Crippen LogP contribution is -1.94. The van der Waals surface area contributed by atoms with E-state index in [4.69, 9.17) is 9.63 Å². The lowest BCUT2D eigenvalue weighted by molar-refractivity contribution is 0.191. The Hall–Kier alpha value is -0.700. The molecule has 0 radical (unpaired) electrons. The van der Waals surface area contributed by atoms with E-state index < -0.39 is 14.0 Å². The Morgan fingerprint density at radius 3 is 2.10 bits per heavy atom. The van der Waals surface area contributed by atoms with E-state index in [1.165, 1.54) is 11.1 Å². The first-order valence-corrected chi connectivity index (χ1v) is 8.98. The molecule has 0 aliphatic rings. The highest BCUT2D eigenvalue weighted by molar-refractivity contribution is 7.52. The van der Waals surface area contributed by atoms with Gasteiger partial charge in [0.2, 0.25) is 0 Å². The van der Waals surface area contributed by atoms with Crippen LogP contribution in [0.25, 0.3) is 0 Å². The van der Waals surface area contributed by atoms with Crippen LogP contribution in [-0.2, 0) is 9.30 Å². The Balaban J connectivity index is 3.88. The SMILES string of the molecule is CC(C)=CCCC(C)=CCCC(C)=CCOCP(=O)(O)F. The summed E-state index contributed by atoms with van der Waals surface area (Å²) in [4.78, 5) is 8.42. The predicted octanol–water partition coefficient (Wildman–Crippen LogP) is 5.53. The molecule has 0 saturated carbocycles. The zero-order chi connectivity index (χ0) is 16.3. The first-order valence-electron chi connectivity index (χ1n) is 7.24. The fraction of sp³-hybridized carbons (Fsp3) is 0.625. The zero-order valence-corrected chi connectivity index (χ0v) is 14.5. The summed E-state index contributed by atoms with van der Waals surface area (Å²) in [6.07, 6.45) is 9.60. The topological polar surface area (TPSA) is 46.5 Å². The maximum atomic E-state index is 12.3. The number of hydrogen-bond donors (Lipinski definition) is 1. The maximum Gasteiger partial charge on any atom is 0.389 e. The van der Waals surface area contributed by atoms with Gasteiger partial charge in [0.1, 0.15) is 0 Å². The fourth-order valence-corrected chi connectivity index (χ4v) is 2.04. The summed E-state index contributed by atoms with van der Waals surface area (Å²) in [5, 5.41) is 0. The molecule has 0 amide bonds. The van der Waals surface area contributed by atoms with Crippen LogP contribution >= 0.6 is 7.68 Å². The van der Waals surface area contributed by atoms with Gasteiger partial charge in [-0.05, 0) is 53.4 Å². The molecule has 0 rings (SSSR count). The lowest BCUT2D eigenvalue weighted by Gasteiger charge is -2.03. The minimum absolute atomic E-state index is 0.170. The fourth-order valence-electron chi connectivity index (χ4n) is 1.71. The number of ether oxygens (including phenoxy) is 1. The van der Waals surface area contributed by atoms with E-state index in [1.807, 2.05) is 13.0 Å². The molecular weight excluding hydrogens is 290 g/mol. The summed E-state index contributed by atoms with van der Waals surface area (Å²) < 4.78 is 27.5. The second-order valence-electron chi connectivity index (χ2n) is 5.58. The lowest BCUT2D eigenvalue weighted by atomic mass is 10.1. The molecule has 1 unspecified atom stereocenters. The van der Waals surface area contributed by atoms with E-state index in [0.717, 1.165) is 31.3 Å². The second kappa shape index (κ2) is 10.9. The Morgan fingerprint density at radius 1 is 1.05 bits per heavy atom. The maximum absolute atomic E-state index is 12.3. The molecule has 5 heteroatoms. The van der Waals surface area contributed by atoms with Gasteiger partial charge >= 0.3 is 7.68 Å². The summed E-state index contributed by atoms with van der Waals surface area (Å²) in [7, 11) is -4.54. The zero-order valence-electron chi connectivity index (χ0n) is 13.6. The normalized spacial score (nSPS) is 15.7. The molecule has 0 bridgehead atoms.